The summed E-state index contributed by atoms with van der Waals surface area (Å²) in [5, 5.41) is 3.89. The molecule has 4 nitrogen and oxygen atoms in total. The number of aryl methyl sites for hydroxylation is 1. The van der Waals surface area contributed by atoms with Gasteiger partial charge in [0.25, 0.3) is 0 Å². The predicted molar refractivity (Wildman–Crippen MR) is 68.2 cm³/mol. The number of aromatic nitrogens is 3. The van der Waals surface area contributed by atoms with Crippen molar-refractivity contribution in [2.24, 2.45) is 7.05 Å². The van der Waals surface area contributed by atoms with E-state index in [9.17, 15) is 9.18 Å². The molecule has 0 atom stereocenters. The van der Waals surface area contributed by atoms with Crippen molar-refractivity contribution in [2.45, 2.75) is 6.42 Å². The zero-order valence-corrected chi connectivity index (χ0v) is 11.2. The molecule has 0 fully saturated rings. The summed E-state index contributed by atoms with van der Waals surface area (Å²) in [7, 11) is 1.73. The molecule has 0 aliphatic rings. The molecule has 2 aromatic rings. The minimum Gasteiger partial charge on any atom is -0.294 e. The summed E-state index contributed by atoms with van der Waals surface area (Å²) < 4.78 is 15.1. The molecule has 88 valence electrons. The largest absolute Gasteiger partial charge is 0.294 e. The van der Waals surface area contributed by atoms with E-state index in [4.69, 9.17) is 0 Å². The van der Waals surface area contributed by atoms with Gasteiger partial charge in [-0.25, -0.2) is 9.37 Å². The number of Topliss-reactive ketones (excluding diaryl/α,β-unsaturated/α-hetero) is 1. The van der Waals surface area contributed by atoms with Crippen molar-refractivity contribution >= 4 is 28.4 Å². The van der Waals surface area contributed by atoms with E-state index in [1.807, 2.05) is 22.6 Å². The Balaban J connectivity index is 2.23. The summed E-state index contributed by atoms with van der Waals surface area (Å²) in [5.41, 5.74) is 0.509. The van der Waals surface area contributed by atoms with Gasteiger partial charge < -0.3 is 0 Å². The molecule has 0 amide bonds. The SMILES string of the molecule is Cn1ncnc1CC(=O)c1ccc(F)cc1I. The molecule has 1 aromatic heterocycles. The maximum Gasteiger partial charge on any atom is 0.171 e. The van der Waals surface area contributed by atoms with Crippen LogP contribution >= 0.6 is 22.6 Å². The fourth-order valence-corrected chi connectivity index (χ4v) is 2.21. The zero-order valence-electron chi connectivity index (χ0n) is 9.02. The van der Waals surface area contributed by atoms with E-state index in [0.717, 1.165) is 0 Å². The summed E-state index contributed by atoms with van der Waals surface area (Å²) in [6, 6.07) is 4.12. The third kappa shape index (κ3) is 2.68. The van der Waals surface area contributed by atoms with Gasteiger partial charge >= 0.3 is 0 Å². The van der Waals surface area contributed by atoms with E-state index < -0.39 is 0 Å². The van der Waals surface area contributed by atoms with E-state index in [0.29, 0.717) is 15.0 Å². The van der Waals surface area contributed by atoms with Crippen molar-refractivity contribution < 1.29 is 9.18 Å². The first-order chi connectivity index (χ1) is 8.08. The maximum absolute atomic E-state index is 12.9. The number of ketones is 1. The van der Waals surface area contributed by atoms with Crippen molar-refractivity contribution in [3.8, 4) is 0 Å². The molecule has 0 radical (unpaired) electrons. The van der Waals surface area contributed by atoms with Crippen LogP contribution in [0.3, 0.4) is 0 Å². The molecular formula is C11H9FIN3O. The maximum atomic E-state index is 12.9. The number of rotatable bonds is 3. The van der Waals surface area contributed by atoms with Crippen molar-refractivity contribution in [1.82, 2.24) is 14.8 Å². The quantitative estimate of drug-likeness (QED) is 0.631. The lowest BCUT2D eigenvalue weighted by Crippen LogP contribution is -2.10. The summed E-state index contributed by atoms with van der Waals surface area (Å²) >= 11 is 1.95. The second kappa shape index (κ2) is 4.91. The van der Waals surface area contributed by atoms with Crippen LogP contribution in [0.4, 0.5) is 4.39 Å². The molecule has 6 heteroatoms. The summed E-state index contributed by atoms with van der Waals surface area (Å²) in [6.07, 6.45) is 1.57. The Morgan fingerprint density at radius 2 is 2.29 bits per heavy atom. The summed E-state index contributed by atoms with van der Waals surface area (Å²) in [6.45, 7) is 0. The third-order valence-electron chi connectivity index (χ3n) is 2.36. The van der Waals surface area contributed by atoms with Crippen LogP contribution < -0.4 is 0 Å². The lowest BCUT2D eigenvalue weighted by Gasteiger charge is -2.03. The Morgan fingerprint density at radius 1 is 1.53 bits per heavy atom. The molecule has 1 aromatic carbocycles. The highest BCUT2D eigenvalue weighted by atomic mass is 127. The van der Waals surface area contributed by atoms with Crippen LogP contribution in [0.15, 0.2) is 24.5 Å². The monoisotopic (exact) mass is 345 g/mol. The van der Waals surface area contributed by atoms with Crippen LogP contribution in [0.1, 0.15) is 16.2 Å². The van der Waals surface area contributed by atoms with Gasteiger partial charge in [-0.05, 0) is 40.8 Å². The number of hydrogen-bond acceptors (Lipinski definition) is 3. The molecule has 0 aliphatic carbocycles. The van der Waals surface area contributed by atoms with Gasteiger partial charge in [-0.1, -0.05) is 0 Å². The van der Waals surface area contributed by atoms with Crippen LogP contribution in [0.2, 0.25) is 0 Å². The number of halogens is 2. The molecule has 0 saturated heterocycles. The van der Waals surface area contributed by atoms with Crippen LogP contribution in [0.25, 0.3) is 0 Å². The molecule has 2 rings (SSSR count). The number of carbonyl (C=O) groups excluding carboxylic acids is 1. The first-order valence-electron chi connectivity index (χ1n) is 4.89. The third-order valence-corrected chi connectivity index (χ3v) is 3.25. The normalized spacial score (nSPS) is 10.5. The van der Waals surface area contributed by atoms with Gasteiger partial charge in [0.05, 0.1) is 6.42 Å². The fraction of sp³-hybridized carbons (Fsp3) is 0.182. The highest BCUT2D eigenvalue weighted by Crippen LogP contribution is 2.15. The van der Waals surface area contributed by atoms with Gasteiger partial charge in [-0.2, -0.15) is 5.10 Å². The average molecular weight is 345 g/mol. The Morgan fingerprint density at radius 3 is 2.88 bits per heavy atom. The molecule has 0 bridgehead atoms. The van der Waals surface area contributed by atoms with Crippen LogP contribution in [0, 0.1) is 9.39 Å². The van der Waals surface area contributed by atoms with E-state index in [-0.39, 0.29) is 18.0 Å². The van der Waals surface area contributed by atoms with Gasteiger partial charge in [0, 0.05) is 16.2 Å². The smallest absolute Gasteiger partial charge is 0.171 e. The minimum atomic E-state index is -0.343. The van der Waals surface area contributed by atoms with Crippen molar-refractivity contribution in [2.75, 3.05) is 0 Å². The van der Waals surface area contributed by atoms with Crippen LogP contribution in [-0.2, 0) is 13.5 Å². The van der Waals surface area contributed by atoms with Gasteiger partial charge in [0.2, 0.25) is 0 Å². The Kier molecular flexibility index (Phi) is 3.51. The van der Waals surface area contributed by atoms with Crippen molar-refractivity contribution in [1.29, 1.82) is 0 Å². The van der Waals surface area contributed by atoms with Crippen molar-refractivity contribution in [3.63, 3.8) is 0 Å². The van der Waals surface area contributed by atoms with Gasteiger partial charge in [-0.3, -0.25) is 9.48 Å². The highest BCUT2D eigenvalue weighted by molar-refractivity contribution is 14.1. The predicted octanol–water partition coefficient (Wildman–Crippen LogP) is 1.98. The van der Waals surface area contributed by atoms with Crippen LogP contribution in [0.5, 0.6) is 0 Å². The zero-order chi connectivity index (χ0) is 12.4. The summed E-state index contributed by atoms with van der Waals surface area (Å²) in [5.74, 6) is 0.158. The highest BCUT2D eigenvalue weighted by Gasteiger charge is 2.14. The second-order valence-electron chi connectivity index (χ2n) is 3.52. The van der Waals surface area contributed by atoms with Gasteiger partial charge in [0.15, 0.2) is 5.78 Å². The minimum absolute atomic E-state index is 0.0921. The molecule has 0 spiro atoms. The van der Waals surface area contributed by atoms with Gasteiger partial charge in [0.1, 0.15) is 18.0 Å². The Bertz CT molecular complexity index is 568. The van der Waals surface area contributed by atoms with Crippen LogP contribution in [-0.4, -0.2) is 20.5 Å². The summed E-state index contributed by atoms with van der Waals surface area (Å²) in [4.78, 5) is 16.0. The van der Waals surface area contributed by atoms with Crippen molar-refractivity contribution in [3.05, 3.63) is 45.3 Å². The first kappa shape index (κ1) is 12.2. The molecule has 0 aliphatic heterocycles. The van der Waals surface area contributed by atoms with E-state index in [1.54, 1.807) is 11.7 Å². The van der Waals surface area contributed by atoms with E-state index >= 15 is 0 Å². The number of hydrogen-bond donors (Lipinski definition) is 0. The Hall–Kier alpha value is -1.31. The molecular weight excluding hydrogens is 336 g/mol. The second-order valence-corrected chi connectivity index (χ2v) is 4.69. The first-order valence-corrected chi connectivity index (χ1v) is 5.97. The number of benzene rings is 1. The number of carbonyl (C=O) groups is 1. The average Bonchev–Trinajstić information content (AvgIpc) is 2.64. The Labute approximate surface area is 111 Å². The molecule has 1 heterocycles. The van der Waals surface area contributed by atoms with Gasteiger partial charge in [-0.15, -0.1) is 0 Å². The molecule has 0 saturated carbocycles. The topological polar surface area (TPSA) is 47.8 Å². The molecule has 17 heavy (non-hydrogen) atoms. The molecule has 0 N–H and O–H groups in total. The number of nitrogens with zero attached hydrogens (tertiary/aromatic N) is 3. The molecule has 0 unspecified atom stereocenters. The van der Waals surface area contributed by atoms with E-state index in [2.05, 4.69) is 10.1 Å². The fourth-order valence-electron chi connectivity index (χ4n) is 1.43. The lowest BCUT2D eigenvalue weighted by atomic mass is 10.1. The van der Waals surface area contributed by atoms with E-state index in [1.165, 1.54) is 24.5 Å². The lowest BCUT2D eigenvalue weighted by molar-refractivity contribution is 0.0988. The standard InChI is InChI=1S/C11H9FIN3O/c1-16-11(14-6-15-16)5-10(17)8-3-2-7(12)4-9(8)13/h2-4,6H,5H2,1H3.